The van der Waals surface area contributed by atoms with Crippen LogP contribution in [0.3, 0.4) is 0 Å². The fourth-order valence-corrected chi connectivity index (χ4v) is 3.68. The summed E-state index contributed by atoms with van der Waals surface area (Å²) < 4.78 is 5.71. The molecule has 1 N–H and O–H groups in total. The van der Waals surface area contributed by atoms with Crippen molar-refractivity contribution in [1.29, 1.82) is 0 Å². The highest BCUT2D eigenvalue weighted by atomic mass is 32.1. The minimum Gasteiger partial charge on any atom is -0.377 e. The Morgan fingerprint density at radius 1 is 1.55 bits per heavy atom. The minimum absolute atomic E-state index is 0.292. The highest BCUT2D eigenvalue weighted by Gasteiger charge is 2.21. The molecule has 0 saturated carbocycles. The molecule has 4 nitrogen and oxygen atoms in total. The van der Waals surface area contributed by atoms with Crippen molar-refractivity contribution < 1.29 is 4.74 Å². The van der Waals surface area contributed by atoms with E-state index in [1.165, 1.54) is 10.6 Å². The maximum Gasteiger partial charge on any atom is 0.185 e. The summed E-state index contributed by atoms with van der Waals surface area (Å²) >= 11 is 1.83. The third kappa shape index (κ3) is 3.93. The third-order valence-electron chi connectivity index (χ3n) is 3.64. The van der Waals surface area contributed by atoms with Crippen LogP contribution >= 0.6 is 11.3 Å². The second-order valence-electron chi connectivity index (χ2n) is 5.60. The Balaban J connectivity index is 2.09. The predicted molar refractivity (Wildman–Crippen MR) is 85.8 cm³/mol. The second kappa shape index (κ2) is 7.38. The molecule has 1 aromatic heterocycles. The first-order valence-corrected chi connectivity index (χ1v) is 8.50. The molecule has 0 aromatic carbocycles. The number of ether oxygens (including phenoxy) is 1. The second-order valence-corrected chi connectivity index (χ2v) is 6.61. The summed E-state index contributed by atoms with van der Waals surface area (Å²) in [6.07, 6.45) is 2.54. The molecule has 0 bridgehead atoms. The van der Waals surface area contributed by atoms with Crippen molar-refractivity contribution in [2.24, 2.45) is 0 Å². The smallest absolute Gasteiger partial charge is 0.185 e. The molecule has 2 heterocycles. The molecular formula is C15H27N3OS. The first-order valence-electron chi connectivity index (χ1n) is 7.69. The molecule has 1 fully saturated rings. The van der Waals surface area contributed by atoms with Crippen LogP contribution in [-0.2, 0) is 4.74 Å². The van der Waals surface area contributed by atoms with Crippen molar-refractivity contribution in [3.63, 3.8) is 0 Å². The number of rotatable bonds is 5. The maximum atomic E-state index is 5.71. The Labute approximate surface area is 126 Å². The highest BCUT2D eigenvalue weighted by Crippen LogP contribution is 2.31. The molecule has 1 aliphatic rings. The molecule has 0 spiro atoms. The summed E-state index contributed by atoms with van der Waals surface area (Å²) in [5, 5.41) is 4.71. The van der Waals surface area contributed by atoms with E-state index < -0.39 is 0 Å². The van der Waals surface area contributed by atoms with Crippen molar-refractivity contribution in [2.45, 2.75) is 52.7 Å². The van der Waals surface area contributed by atoms with Gasteiger partial charge in [0.05, 0.1) is 11.8 Å². The SMILES string of the molecule is CCCNC(C)c1sc(N2CCCOC(C)C2)nc1C. The first kappa shape index (κ1) is 15.7. The Hall–Kier alpha value is -0.650. The Morgan fingerprint density at radius 2 is 2.35 bits per heavy atom. The molecule has 0 aliphatic carbocycles. The quantitative estimate of drug-likeness (QED) is 0.906. The summed E-state index contributed by atoms with van der Waals surface area (Å²) in [4.78, 5) is 8.54. The van der Waals surface area contributed by atoms with Crippen LogP contribution in [0.15, 0.2) is 0 Å². The third-order valence-corrected chi connectivity index (χ3v) is 5.04. The van der Waals surface area contributed by atoms with E-state index in [2.05, 4.69) is 37.9 Å². The monoisotopic (exact) mass is 297 g/mol. The van der Waals surface area contributed by atoms with E-state index in [0.29, 0.717) is 12.1 Å². The van der Waals surface area contributed by atoms with Gasteiger partial charge in [0.25, 0.3) is 0 Å². The van der Waals surface area contributed by atoms with Crippen LogP contribution in [0.2, 0.25) is 0 Å². The van der Waals surface area contributed by atoms with Gasteiger partial charge in [-0.3, -0.25) is 0 Å². The first-order chi connectivity index (χ1) is 9.61. The molecule has 5 heteroatoms. The highest BCUT2D eigenvalue weighted by molar-refractivity contribution is 7.15. The van der Waals surface area contributed by atoms with Gasteiger partial charge in [-0.2, -0.15) is 0 Å². The molecule has 2 atom stereocenters. The van der Waals surface area contributed by atoms with Crippen molar-refractivity contribution in [3.05, 3.63) is 10.6 Å². The molecule has 114 valence electrons. The Kier molecular flexibility index (Phi) is 5.81. The van der Waals surface area contributed by atoms with Crippen LogP contribution in [0, 0.1) is 6.92 Å². The van der Waals surface area contributed by atoms with Crippen LogP contribution < -0.4 is 10.2 Å². The van der Waals surface area contributed by atoms with Gasteiger partial charge in [-0.05, 0) is 40.2 Å². The predicted octanol–water partition coefficient (Wildman–Crippen LogP) is 3.13. The standard InChI is InChI=1S/C15H27N3OS/c1-5-7-16-12(3)14-13(4)17-15(20-14)18-8-6-9-19-11(2)10-18/h11-12,16H,5-10H2,1-4H3. The molecule has 2 unspecified atom stereocenters. The molecule has 1 aromatic rings. The molecule has 0 amide bonds. The summed E-state index contributed by atoms with van der Waals surface area (Å²) in [6.45, 7) is 12.6. The maximum absolute atomic E-state index is 5.71. The topological polar surface area (TPSA) is 37.4 Å². The molecule has 0 radical (unpaired) electrons. The molecule has 1 aliphatic heterocycles. The summed E-state index contributed by atoms with van der Waals surface area (Å²) in [5.41, 5.74) is 1.17. The molecular weight excluding hydrogens is 270 g/mol. The minimum atomic E-state index is 0.292. The van der Waals surface area contributed by atoms with Crippen molar-refractivity contribution in [2.75, 3.05) is 31.1 Å². The normalized spacial score (nSPS) is 21.8. The van der Waals surface area contributed by atoms with E-state index in [4.69, 9.17) is 9.72 Å². The van der Waals surface area contributed by atoms with Gasteiger partial charge in [-0.1, -0.05) is 6.92 Å². The number of thiazole rings is 1. The number of aromatic nitrogens is 1. The van der Waals surface area contributed by atoms with Gasteiger partial charge in [0.15, 0.2) is 5.13 Å². The van der Waals surface area contributed by atoms with Crippen LogP contribution in [-0.4, -0.2) is 37.3 Å². The molecule has 20 heavy (non-hydrogen) atoms. The number of nitrogens with one attached hydrogen (secondary N) is 1. The molecule has 2 rings (SSSR count). The summed E-state index contributed by atoms with van der Waals surface area (Å²) in [7, 11) is 0. The van der Waals surface area contributed by atoms with Gasteiger partial charge in [-0.25, -0.2) is 4.98 Å². The lowest BCUT2D eigenvalue weighted by Gasteiger charge is -2.21. The zero-order chi connectivity index (χ0) is 14.5. The molecule has 1 saturated heterocycles. The largest absolute Gasteiger partial charge is 0.377 e. The lowest BCUT2D eigenvalue weighted by Crippen LogP contribution is -2.29. The Morgan fingerprint density at radius 3 is 3.10 bits per heavy atom. The van der Waals surface area contributed by atoms with Crippen LogP contribution in [0.4, 0.5) is 5.13 Å². The zero-order valence-corrected chi connectivity index (χ0v) is 13.9. The van der Waals surface area contributed by atoms with Gasteiger partial charge < -0.3 is 15.0 Å². The van der Waals surface area contributed by atoms with E-state index in [0.717, 1.165) is 44.2 Å². The summed E-state index contributed by atoms with van der Waals surface area (Å²) in [6, 6.07) is 0.391. The number of nitrogens with zero attached hydrogens (tertiary/aromatic N) is 2. The van der Waals surface area contributed by atoms with Crippen LogP contribution in [0.1, 0.15) is 50.2 Å². The lowest BCUT2D eigenvalue weighted by atomic mass is 10.2. The van der Waals surface area contributed by atoms with Crippen molar-refractivity contribution in [1.82, 2.24) is 10.3 Å². The van der Waals surface area contributed by atoms with Gasteiger partial charge in [0.2, 0.25) is 0 Å². The van der Waals surface area contributed by atoms with Gasteiger partial charge in [0.1, 0.15) is 0 Å². The average molecular weight is 297 g/mol. The van der Waals surface area contributed by atoms with Gasteiger partial charge >= 0.3 is 0 Å². The number of hydrogen-bond acceptors (Lipinski definition) is 5. The zero-order valence-electron chi connectivity index (χ0n) is 13.1. The average Bonchev–Trinajstić information content (AvgIpc) is 2.67. The number of hydrogen-bond donors (Lipinski definition) is 1. The van der Waals surface area contributed by atoms with Crippen molar-refractivity contribution in [3.8, 4) is 0 Å². The van der Waals surface area contributed by atoms with Gasteiger partial charge in [0, 0.05) is 30.6 Å². The fraction of sp³-hybridized carbons (Fsp3) is 0.800. The Bertz CT molecular complexity index is 421. The van der Waals surface area contributed by atoms with Crippen LogP contribution in [0.25, 0.3) is 0 Å². The van der Waals surface area contributed by atoms with E-state index in [9.17, 15) is 0 Å². The summed E-state index contributed by atoms with van der Waals surface area (Å²) in [5.74, 6) is 0. The van der Waals surface area contributed by atoms with E-state index >= 15 is 0 Å². The number of aryl methyl sites for hydroxylation is 1. The van der Waals surface area contributed by atoms with E-state index in [1.807, 2.05) is 11.3 Å². The number of anilines is 1. The van der Waals surface area contributed by atoms with Crippen LogP contribution in [0.5, 0.6) is 0 Å². The van der Waals surface area contributed by atoms with Crippen molar-refractivity contribution >= 4 is 16.5 Å². The van der Waals surface area contributed by atoms with E-state index in [1.54, 1.807) is 0 Å². The lowest BCUT2D eigenvalue weighted by molar-refractivity contribution is 0.0821. The van der Waals surface area contributed by atoms with Gasteiger partial charge in [-0.15, -0.1) is 11.3 Å². The fourth-order valence-electron chi connectivity index (χ4n) is 2.55. The van der Waals surface area contributed by atoms with E-state index in [-0.39, 0.29) is 0 Å².